The largest absolute Gasteiger partial charge is 0.478 e. The van der Waals surface area contributed by atoms with Gasteiger partial charge in [0.05, 0.1) is 6.10 Å². The van der Waals surface area contributed by atoms with Crippen LogP contribution in [0.25, 0.3) is 0 Å². The summed E-state index contributed by atoms with van der Waals surface area (Å²) in [5.41, 5.74) is 0. The molecule has 0 aromatic heterocycles. The van der Waals surface area contributed by atoms with Gasteiger partial charge in [0.15, 0.2) is 0 Å². The average molecular weight is 346 g/mol. The molecule has 1 saturated heterocycles. The zero-order valence-electron chi connectivity index (χ0n) is 13.3. The third kappa shape index (κ3) is 8.01. The van der Waals surface area contributed by atoms with Crippen LogP contribution in [0.5, 0.6) is 0 Å². The van der Waals surface area contributed by atoms with Crippen molar-refractivity contribution in [2.45, 2.75) is 63.4 Å². The van der Waals surface area contributed by atoms with Crippen LogP contribution in [0.15, 0.2) is 0 Å². The van der Waals surface area contributed by atoms with E-state index in [1.807, 2.05) is 0 Å². The average Bonchev–Trinajstić information content (AvgIpc) is 2.45. The predicted molar refractivity (Wildman–Crippen MR) is 83.1 cm³/mol. The fourth-order valence-electron chi connectivity index (χ4n) is 2.17. The maximum absolute atomic E-state index is 11.9. The molecule has 1 heterocycles. The van der Waals surface area contributed by atoms with Crippen molar-refractivity contribution in [2.24, 2.45) is 0 Å². The highest BCUT2D eigenvalue weighted by Crippen LogP contribution is 2.25. The van der Waals surface area contributed by atoms with Crippen molar-refractivity contribution >= 4 is 35.5 Å². The van der Waals surface area contributed by atoms with Crippen LogP contribution in [0.4, 0.5) is 0 Å². The summed E-state index contributed by atoms with van der Waals surface area (Å²) in [6.07, 6.45) is 0.183. The van der Waals surface area contributed by atoms with Crippen molar-refractivity contribution in [1.82, 2.24) is 0 Å². The zero-order valence-corrected chi connectivity index (χ0v) is 14.1. The summed E-state index contributed by atoms with van der Waals surface area (Å²) in [6, 6.07) is 0. The van der Waals surface area contributed by atoms with Gasteiger partial charge < -0.3 is 14.6 Å². The van der Waals surface area contributed by atoms with Gasteiger partial charge in [0.1, 0.15) is 5.78 Å². The van der Waals surface area contributed by atoms with E-state index < -0.39 is 18.0 Å². The maximum atomic E-state index is 11.9. The van der Waals surface area contributed by atoms with Crippen molar-refractivity contribution in [3.8, 4) is 0 Å². The van der Waals surface area contributed by atoms with E-state index in [0.717, 1.165) is 6.92 Å². The lowest BCUT2D eigenvalue weighted by Crippen LogP contribution is -2.30. The molecule has 8 heteroatoms. The number of rotatable bonds is 5. The van der Waals surface area contributed by atoms with Gasteiger partial charge in [-0.2, -0.15) is 11.8 Å². The molecule has 0 spiro atoms. The first kappa shape index (κ1) is 19.5. The van der Waals surface area contributed by atoms with Gasteiger partial charge in [-0.15, -0.1) is 0 Å². The summed E-state index contributed by atoms with van der Waals surface area (Å²) in [6.45, 7) is 2.90. The second-order valence-electron chi connectivity index (χ2n) is 5.51. The fraction of sp³-hybridized carbons (Fsp3) is 0.733. The second-order valence-corrected chi connectivity index (χ2v) is 6.85. The number of hydrogen-bond donors (Lipinski definition) is 1. The highest BCUT2D eigenvalue weighted by Gasteiger charge is 2.25. The number of carboxylic acids is 1. The first-order valence-electron chi connectivity index (χ1n) is 7.50. The van der Waals surface area contributed by atoms with Crippen molar-refractivity contribution in [3.05, 3.63) is 0 Å². The molecule has 130 valence electrons. The Labute approximate surface area is 139 Å². The van der Waals surface area contributed by atoms with E-state index in [4.69, 9.17) is 14.6 Å². The Kier molecular flexibility index (Phi) is 8.08. The Morgan fingerprint density at radius 1 is 1.35 bits per heavy atom. The molecular formula is C15H22O7S. The molecule has 0 aliphatic carbocycles. The van der Waals surface area contributed by atoms with Gasteiger partial charge in [-0.25, -0.2) is 4.79 Å². The number of carbonyl (C=O) groups excluding carboxylic acids is 3. The fourth-order valence-corrected chi connectivity index (χ4v) is 3.41. The van der Waals surface area contributed by atoms with E-state index in [2.05, 4.69) is 0 Å². The Balaban J connectivity index is 2.60. The number of aliphatic carboxylic acids is 1. The molecular weight excluding hydrogens is 324 g/mol. The highest BCUT2D eigenvalue weighted by molar-refractivity contribution is 8.00. The highest BCUT2D eigenvalue weighted by atomic mass is 32.2. The molecule has 1 fully saturated rings. The maximum Gasteiger partial charge on any atom is 0.345 e. The molecule has 0 unspecified atom stereocenters. The van der Waals surface area contributed by atoms with Crippen molar-refractivity contribution in [1.29, 1.82) is 0 Å². The number of cyclic esters (lactones) is 1. The third-order valence-corrected chi connectivity index (χ3v) is 4.72. The third-order valence-electron chi connectivity index (χ3n) is 3.36. The predicted octanol–water partition coefficient (Wildman–Crippen LogP) is 1.57. The molecule has 1 rings (SSSR count). The number of thioether (sulfide) groups is 1. The lowest BCUT2D eigenvalue weighted by Gasteiger charge is -2.21. The van der Waals surface area contributed by atoms with Crippen LogP contribution in [0.1, 0.15) is 46.0 Å². The minimum absolute atomic E-state index is 0.0400. The van der Waals surface area contributed by atoms with E-state index in [-0.39, 0.29) is 41.7 Å². The number of hydrogen-bond acceptors (Lipinski definition) is 7. The number of Topliss-reactive ketones (excluding diaryl/α,β-unsaturated/α-hetero) is 1. The zero-order chi connectivity index (χ0) is 17.4. The first-order chi connectivity index (χ1) is 10.8. The van der Waals surface area contributed by atoms with Crippen LogP contribution < -0.4 is 0 Å². The molecule has 0 saturated carbocycles. The number of ketones is 1. The monoisotopic (exact) mass is 346 g/mol. The summed E-state index contributed by atoms with van der Waals surface area (Å²) in [5, 5.41) is 8.83. The van der Waals surface area contributed by atoms with Gasteiger partial charge >= 0.3 is 17.9 Å². The van der Waals surface area contributed by atoms with Crippen LogP contribution >= 0.6 is 11.8 Å². The smallest absolute Gasteiger partial charge is 0.345 e. The summed E-state index contributed by atoms with van der Waals surface area (Å²) in [7, 11) is 0. The molecule has 7 nitrogen and oxygen atoms in total. The quantitative estimate of drug-likeness (QED) is 0.748. The number of ether oxygens (including phenoxy) is 2. The summed E-state index contributed by atoms with van der Waals surface area (Å²) in [5.74, 6) is -2.11. The summed E-state index contributed by atoms with van der Waals surface area (Å²) >= 11 is 1.23. The van der Waals surface area contributed by atoms with Gasteiger partial charge in [-0.1, -0.05) is 0 Å². The van der Waals surface area contributed by atoms with Crippen molar-refractivity contribution in [3.63, 3.8) is 0 Å². The van der Waals surface area contributed by atoms with Gasteiger partial charge in [0.2, 0.25) is 6.10 Å². The Bertz CT molecular complexity index is 463. The Morgan fingerprint density at radius 2 is 2.04 bits per heavy atom. The molecule has 1 N–H and O–H groups in total. The molecule has 0 radical (unpaired) electrons. The first-order valence-corrected chi connectivity index (χ1v) is 8.55. The molecule has 0 amide bonds. The van der Waals surface area contributed by atoms with Crippen LogP contribution in [-0.2, 0) is 28.7 Å². The molecule has 1 aliphatic heterocycles. The van der Waals surface area contributed by atoms with Gasteiger partial charge in [0, 0.05) is 37.2 Å². The van der Waals surface area contributed by atoms with Gasteiger partial charge in [-0.05, 0) is 19.8 Å². The Hall–Kier alpha value is -1.57. The standard InChI is InChI=1S/C15H22O7S/c1-9-3-4-11(17)7-12(5-6-14(18)21-9)23-8-13(15(19)20)22-10(2)16/h9,12-13H,3-8H2,1-2H3,(H,19,20)/t9-,12-,13-/m1/s1. The molecule has 0 aromatic carbocycles. The molecule has 3 atom stereocenters. The second kappa shape index (κ2) is 9.54. The van der Waals surface area contributed by atoms with E-state index in [9.17, 15) is 19.2 Å². The van der Waals surface area contributed by atoms with Crippen LogP contribution in [0.2, 0.25) is 0 Å². The van der Waals surface area contributed by atoms with Crippen molar-refractivity contribution < 1.29 is 33.8 Å². The molecule has 0 bridgehead atoms. The number of esters is 2. The Morgan fingerprint density at radius 3 is 2.65 bits per heavy atom. The minimum atomic E-state index is -1.25. The normalized spacial score (nSPS) is 24.4. The molecule has 0 aromatic rings. The molecule has 1 aliphatic rings. The van der Waals surface area contributed by atoms with Gasteiger partial charge in [-0.3, -0.25) is 14.4 Å². The van der Waals surface area contributed by atoms with Gasteiger partial charge in [0.25, 0.3) is 0 Å². The lowest BCUT2D eigenvalue weighted by molar-refractivity contribution is -0.160. The topological polar surface area (TPSA) is 107 Å². The van der Waals surface area contributed by atoms with Crippen LogP contribution in [-0.4, -0.2) is 52.0 Å². The van der Waals surface area contributed by atoms with E-state index in [1.54, 1.807) is 6.92 Å². The summed E-state index contributed by atoms with van der Waals surface area (Å²) < 4.78 is 9.91. The van der Waals surface area contributed by atoms with Crippen LogP contribution in [0.3, 0.4) is 0 Å². The number of carboxylic acid groups (broad SMARTS) is 1. The van der Waals surface area contributed by atoms with E-state index in [1.165, 1.54) is 11.8 Å². The summed E-state index contributed by atoms with van der Waals surface area (Å²) in [4.78, 5) is 45.6. The number of carbonyl (C=O) groups is 4. The van der Waals surface area contributed by atoms with Crippen LogP contribution in [0, 0.1) is 0 Å². The minimum Gasteiger partial charge on any atom is -0.478 e. The van der Waals surface area contributed by atoms with E-state index in [0.29, 0.717) is 19.3 Å². The van der Waals surface area contributed by atoms with E-state index >= 15 is 0 Å². The molecule has 23 heavy (non-hydrogen) atoms. The van der Waals surface area contributed by atoms with Crippen molar-refractivity contribution in [2.75, 3.05) is 5.75 Å². The lowest BCUT2D eigenvalue weighted by atomic mass is 10.0. The SMILES string of the molecule is CC(=O)O[C@H](CS[C@@H]1CCC(=O)O[C@H](C)CCC(=O)C1)C(=O)O.